The Hall–Kier alpha value is -4.17. The molecule has 1 unspecified atom stereocenters. The van der Waals surface area contributed by atoms with E-state index in [9.17, 15) is 9.90 Å². The SMILES string of the molecule is COc1ccc(C2CC(c3ccccc3)=NN2C(=O)Cn2c(NCCO)nc3ccccc32)cc1. The summed E-state index contributed by atoms with van der Waals surface area (Å²) in [6, 6.07) is 25.1. The van der Waals surface area contributed by atoms with Gasteiger partial charge in [-0.15, -0.1) is 0 Å². The zero-order valence-electron chi connectivity index (χ0n) is 19.5. The van der Waals surface area contributed by atoms with Crippen molar-refractivity contribution < 1.29 is 14.6 Å². The fourth-order valence-electron chi connectivity index (χ4n) is 4.38. The molecule has 4 aromatic rings. The molecule has 0 spiro atoms. The van der Waals surface area contributed by atoms with Gasteiger partial charge in [-0.3, -0.25) is 4.79 Å². The standard InChI is InChI=1S/C27H27N5O3/c1-35-21-13-11-20(12-14-21)25-17-23(19-7-3-2-4-8-19)30-32(25)26(34)18-31-24-10-6-5-9-22(24)29-27(31)28-15-16-33/h2-14,25,33H,15-18H2,1H3,(H,28,29). The number of nitrogens with zero attached hydrogens (tertiary/aromatic N) is 4. The largest absolute Gasteiger partial charge is 0.497 e. The fourth-order valence-corrected chi connectivity index (χ4v) is 4.38. The van der Waals surface area contributed by atoms with Gasteiger partial charge in [0.1, 0.15) is 12.3 Å². The number of carbonyl (C=O) groups is 1. The number of carbonyl (C=O) groups excluding carboxylic acids is 1. The molecule has 0 saturated carbocycles. The summed E-state index contributed by atoms with van der Waals surface area (Å²) in [6.07, 6.45) is 0.613. The van der Waals surface area contributed by atoms with E-state index in [0.717, 1.165) is 33.6 Å². The first-order valence-corrected chi connectivity index (χ1v) is 11.6. The maximum atomic E-state index is 13.7. The van der Waals surface area contributed by atoms with Gasteiger partial charge < -0.3 is 19.7 Å². The second-order valence-electron chi connectivity index (χ2n) is 8.30. The van der Waals surface area contributed by atoms with Crippen molar-refractivity contribution in [2.45, 2.75) is 19.0 Å². The van der Waals surface area contributed by atoms with Gasteiger partial charge in [-0.25, -0.2) is 9.99 Å². The molecule has 5 rings (SSSR count). The van der Waals surface area contributed by atoms with Crippen LogP contribution in [0.1, 0.15) is 23.6 Å². The number of rotatable bonds is 8. The van der Waals surface area contributed by atoms with E-state index >= 15 is 0 Å². The number of methoxy groups -OCH3 is 1. The zero-order chi connectivity index (χ0) is 24.2. The third-order valence-electron chi connectivity index (χ3n) is 6.12. The van der Waals surface area contributed by atoms with Crippen LogP contribution >= 0.6 is 0 Å². The predicted molar refractivity (Wildman–Crippen MR) is 135 cm³/mol. The summed E-state index contributed by atoms with van der Waals surface area (Å²) in [6.45, 7) is 0.367. The molecule has 1 aliphatic rings. The first kappa shape index (κ1) is 22.6. The quantitative estimate of drug-likeness (QED) is 0.409. The minimum Gasteiger partial charge on any atom is -0.497 e. The summed E-state index contributed by atoms with van der Waals surface area (Å²) in [5.74, 6) is 1.16. The molecule has 0 saturated heterocycles. The van der Waals surface area contributed by atoms with Gasteiger partial charge in [-0.2, -0.15) is 5.10 Å². The molecule has 0 radical (unpaired) electrons. The third kappa shape index (κ3) is 4.61. The van der Waals surface area contributed by atoms with Gasteiger partial charge in [0.05, 0.1) is 36.5 Å². The first-order valence-electron chi connectivity index (χ1n) is 11.6. The number of amides is 1. The van der Waals surface area contributed by atoms with Crippen LogP contribution in [0.15, 0.2) is 84.0 Å². The highest BCUT2D eigenvalue weighted by Crippen LogP contribution is 2.34. The monoisotopic (exact) mass is 469 g/mol. The van der Waals surface area contributed by atoms with Crippen molar-refractivity contribution in [2.75, 3.05) is 25.6 Å². The molecule has 2 heterocycles. The molecule has 178 valence electrons. The van der Waals surface area contributed by atoms with E-state index in [1.165, 1.54) is 0 Å². The van der Waals surface area contributed by atoms with E-state index in [2.05, 4.69) is 10.3 Å². The number of benzene rings is 3. The highest BCUT2D eigenvalue weighted by Gasteiger charge is 2.33. The number of aliphatic hydroxyl groups is 1. The number of hydrogen-bond donors (Lipinski definition) is 2. The number of aromatic nitrogens is 2. The molecule has 8 nitrogen and oxygen atoms in total. The van der Waals surface area contributed by atoms with Gasteiger partial charge in [0, 0.05) is 13.0 Å². The Balaban J connectivity index is 1.49. The Morgan fingerprint density at radius 1 is 1.06 bits per heavy atom. The van der Waals surface area contributed by atoms with E-state index in [4.69, 9.17) is 9.84 Å². The second kappa shape index (κ2) is 9.99. The lowest BCUT2D eigenvalue weighted by Gasteiger charge is -2.23. The molecule has 0 bridgehead atoms. The van der Waals surface area contributed by atoms with Crippen molar-refractivity contribution in [3.8, 4) is 5.75 Å². The molecule has 1 atom stereocenters. The van der Waals surface area contributed by atoms with Crippen LogP contribution in [0.2, 0.25) is 0 Å². The van der Waals surface area contributed by atoms with Crippen molar-refractivity contribution in [3.63, 3.8) is 0 Å². The Bertz CT molecular complexity index is 1350. The van der Waals surface area contributed by atoms with Crippen LogP contribution in [0.3, 0.4) is 0 Å². The number of hydrazone groups is 1. The van der Waals surface area contributed by atoms with Crippen LogP contribution < -0.4 is 10.1 Å². The number of aliphatic hydroxyl groups excluding tert-OH is 1. The lowest BCUT2D eigenvalue weighted by atomic mass is 9.98. The zero-order valence-corrected chi connectivity index (χ0v) is 19.5. The van der Waals surface area contributed by atoms with E-state index in [1.807, 2.05) is 83.4 Å². The van der Waals surface area contributed by atoms with Crippen LogP contribution in [-0.2, 0) is 11.3 Å². The predicted octanol–water partition coefficient (Wildman–Crippen LogP) is 3.83. The number of ether oxygens (including phenoxy) is 1. The Labute approximate surface area is 203 Å². The normalized spacial score (nSPS) is 15.3. The summed E-state index contributed by atoms with van der Waals surface area (Å²) < 4.78 is 7.15. The average Bonchev–Trinajstić information content (AvgIpc) is 3.50. The minimum atomic E-state index is -0.229. The molecule has 1 amide bonds. The summed E-state index contributed by atoms with van der Waals surface area (Å²) in [4.78, 5) is 18.3. The maximum absolute atomic E-state index is 13.7. The van der Waals surface area contributed by atoms with Crippen LogP contribution in [0, 0.1) is 0 Å². The van der Waals surface area contributed by atoms with E-state index < -0.39 is 0 Å². The Kier molecular flexibility index (Phi) is 6.45. The van der Waals surface area contributed by atoms with E-state index in [0.29, 0.717) is 18.9 Å². The van der Waals surface area contributed by atoms with Crippen molar-refractivity contribution >= 4 is 28.6 Å². The highest BCUT2D eigenvalue weighted by molar-refractivity contribution is 6.03. The molecular weight excluding hydrogens is 442 g/mol. The fraction of sp³-hybridized carbons (Fsp3) is 0.222. The van der Waals surface area contributed by atoms with Gasteiger partial charge in [0.25, 0.3) is 5.91 Å². The smallest absolute Gasteiger partial charge is 0.263 e. The van der Waals surface area contributed by atoms with Crippen molar-refractivity contribution in [1.29, 1.82) is 0 Å². The molecular formula is C27H27N5O3. The molecule has 35 heavy (non-hydrogen) atoms. The van der Waals surface area contributed by atoms with Gasteiger partial charge in [0.2, 0.25) is 5.95 Å². The van der Waals surface area contributed by atoms with Crippen LogP contribution in [-0.4, -0.2) is 51.5 Å². The first-order chi connectivity index (χ1) is 17.2. The highest BCUT2D eigenvalue weighted by atomic mass is 16.5. The van der Waals surface area contributed by atoms with Crippen molar-refractivity contribution in [1.82, 2.24) is 14.6 Å². The van der Waals surface area contributed by atoms with Crippen LogP contribution in [0.25, 0.3) is 11.0 Å². The number of nitrogens with one attached hydrogen (secondary N) is 1. The van der Waals surface area contributed by atoms with E-state index in [-0.39, 0.29) is 25.1 Å². The minimum absolute atomic E-state index is 0.0342. The summed E-state index contributed by atoms with van der Waals surface area (Å²) in [7, 11) is 1.63. The lowest BCUT2D eigenvalue weighted by Crippen LogP contribution is -2.30. The summed E-state index contributed by atoms with van der Waals surface area (Å²) in [5.41, 5.74) is 4.48. The van der Waals surface area contributed by atoms with Crippen molar-refractivity contribution in [2.24, 2.45) is 5.10 Å². The van der Waals surface area contributed by atoms with Gasteiger partial charge >= 0.3 is 0 Å². The van der Waals surface area contributed by atoms with Gasteiger partial charge in [-0.1, -0.05) is 54.6 Å². The Morgan fingerprint density at radius 2 is 1.80 bits per heavy atom. The average molecular weight is 470 g/mol. The molecule has 1 aromatic heterocycles. The van der Waals surface area contributed by atoms with Crippen LogP contribution in [0.4, 0.5) is 5.95 Å². The number of para-hydroxylation sites is 2. The molecule has 2 N–H and O–H groups in total. The molecule has 0 fully saturated rings. The Morgan fingerprint density at radius 3 is 2.54 bits per heavy atom. The molecule has 1 aliphatic heterocycles. The van der Waals surface area contributed by atoms with Gasteiger partial charge in [0.15, 0.2) is 0 Å². The molecule has 0 aliphatic carbocycles. The number of hydrogen-bond acceptors (Lipinski definition) is 6. The molecule has 3 aromatic carbocycles. The number of fused-ring (bicyclic) bond motifs is 1. The van der Waals surface area contributed by atoms with Gasteiger partial charge in [-0.05, 0) is 35.4 Å². The number of imidazole rings is 1. The molecule has 8 heteroatoms. The number of anilines is 1. The third-order valence-corrected chi connectivity index (χ3v) is 6.12. The summed E-state index contributed by atoms with van der Waals surface area (Å²) >= 11 is 0. The van der Waals surface area contributed by atoms with E-state index in [1.54, 1.807) is 12.1 Å². The maximum Gasteiger partial charge on any atom is 0.263 e. The van der Waals surface area contributed by atoms with Crippen LogP contribution in [0.5, 0.6) is 5.75 Å². The second-order valence-corrected chi connectivity index (χ2v) is 8.30. The summed E-state index contributed by atoms with van der Waals surface area (Å²) in [5, 5.41) is 18.8. The topological polar surface area (TPSA) is 92.0 Å². The lowest BCUT2D eigenvalue weighted by molar-refractivity contribution is -0.133. The van der Waals surface area contributed by atoms with Crippen molar-refractivity contribution in [3.05, 3.63) is 90.0 Å².